The van der Waals surface area contributed by atoms with E-state index < -0.39 is 0 Å². The van der Waals surface area contributed by atoms with Crippen LogP contribution in [0.4, 0.5) is 5.82 Å². The molecular weight excluding hydrogens is 226 g/mol. The highest BCUT2D eigenvalue weighted by Crippen LogP contribution is 2.18. The molecule has 1 aromatic heterocycles. The first-order valence-corrected chi connectivity index (χ1v) is 6.66. The molecule has 100 valence electrons. The molecule has 4 nitrogen and oxygen atoms in total. The van der Waals surface area contributed by atoms with Crippen molar-refractivity contribution < 1.29 is 4.74 Å². The first kappa shape index (κ1) is 13.3. The Morgan fingerprint density at radius 2 is 2.39 bits per heavy atom. The predicted octanol–water partition coefficient (Wildman–Crippen LogP) is 1.98. The number of ether oxygens (including phenoxy) is 1. The molecule has 1 fully saturated rings. The molecule has 0 saturated carbocycles. The number of pyridine rings is 1. The van der Waals surface area contributed by atoms with E-state index in [0.29, 0.717) is 12.1 Å². The number of hydrogen-bond donors (Lipinski definition) is 1. The van der Waals surface area contributed by atoms with Gasteiger partial charge in [0, 0.05) is 32.4 Å². The van der Waals surface area contributed by atoms with Crippen LogP contribution >= 0.6 is 0 Å². The van der Waals surface area contributed by atoms with Crippen LogP contribution in [0.2, 0.25) is 0 Å². The summed E-state index contributed by atoms with van der Waals surface area (Å²) in [6.45, 7) is 3.96. The maximum absolute atomic E-state index is 5.64. The van der Waals surface area contributed by atoms with Gasteiger partial charge in [0.1, 0.15) is 5.82 Å². The molecule has 1 saturated heterocycles. The molecule has 4 heteroatoms. The summed E-state index contributed by atoms with van der Waals surface area (Å²) < 4.78 is 5.64. The Morgan fingerprint density at radius 1 is 1.56 bits per heavy atom. The van der Waals surface area contributed by atoms with Crippen molar-refractivity contribution >= 4 is 5.82 Å². The van der Waals surface area contributed by atoms with Gasteiger partial charge in [-0.3, -0.25) is 0 Å². The van der Waals surface area contributed by atoms with Crippen molar-refractivity contribution in [3.8, 4) is 0 Å². The summed E-state index contributed by atoms with van der Waals surface area (Å²) in [7, 11) is 4.04. The van der Waals surface area contributed by atoms with E-state index in [9.17, 15) is 0 Å². The summed E-state index contributed by atoms with van der Waals surface area (Å²) in [6.07, 6.45) is 4.67. The summed E-state index contributed by atoms with van der Waals surface area (Å²) >= 11 is 0. The average Bonchev–Trinajstić information content (AvgIpc) is 2.91. The molecule has 2 atom stereocenters. The first-order valence-electron chi connectivity index (χ1n) is 6.66. The molecule has 1 aromatic rings. The molecule has 1 aliphatic rings. The molecule has 0 aliphatic carbocycles. The maximum atomic E-state index is 5.64. The van der Waals surface area contributed by atoms with E-state index in [4.69, 9.17) is 4.74 Å². The van der Waals surface area contributed by atoms with E-state index in [0.717, 1.165) is 19.0 Å². The van der Waals surface area contributed by atoms with Gasteiger partial charge >= 0.3 is 0 Å². The number of nitrogens with one attached hydrogen (secondary N) is 1. The third-order valence-corrected chi connectivity index (χ3v) is 3.60. The van der Waals surface area contributed by atoms with Gasteiger partial charge in [0.15, 0.2) is 0 Å². The zero-order valence-electron chi connectivity index (χ0n) is 11.5. The van der Waals surface area contributed by atoms with Crippen LogP contribution in [0.15, 0.2) is 18.3 Å². The van der Waals surface area contributed by atoms with Crippen molar-refractivity contribution in [1.29, 1.82) is 0 Å². The fourth-order valence-electron chi connectivity index (χ4n) is 2.23. The van der Waals surface area contributed by atoms with Gasteiger partial charge in [-0.05, 0) is 38.4 Å². The summed E-state index contributed by atoms with van der Waals surface area (Å²) in [5.74, 6) is 1.01. The number of hydrogen-bond acceptors (Lipinski definition) is 4. The lowest BCUT2D eigenvalue weighted by Gasteiger charge is -2.22. The number of rotatable bonds is 5. The van der Waals surface area contributed by atoms with Crippen molar-refractivity contribution in [2.24, 2.45) is 0 Å². The lowest BCUT2D eigenvalue weighted by molar-refractivity contribution is 0.116. The molecule has 18 heavy (non-hydrogen) atoms. The van der Waals surface area contributed by atoms with Gasteiger partial charge in [0.05, 0.1) is 6.10 Å². The van der Waals surface area contributed by atoms with Crippen LogP contribution in [0.1, 0.15) is 31.4 Å². The Kier molecular flexibility index (Phi) is 4.55. The van der Waals surface area contributed by atoms with E-state index in [2.05, 4.69) is 41.3 Å². The van der Waals surface area contributed by atoms with E-state index in [-0.39, 0.29) is 0 Å². The molecule has 2 rings (SSSR count). The van der Waals surface area contributed by atoms with E-state index in [1.807, 2.05) is 13.2 Å². The molecule has 0 spiro atoms. The Hall–Kier alpha value is -1.13. The van der Waals surface area contributed by atoms with Crippen molar-refractivity contribution in [2.75, 3.05) is 32.1 Å². The maximum Gasteiger partial charge on any atom is 0.128 e. The summed E-state index contributed by atoms with van der Waals surface area (Å²) in [5.41, 5.74) is 1.21. The lowest BCUT2D eigenvalue weighted by atomic mass is 10.1. The third kappa shape index (κ3) is 3.21. The number of anilines is 1. The van der Waals surface area contributed by atoms with Crippen LogP contribution in [-0.2, 0) is 4.74 Å². The lowest BCUT2D eigenvalue weighted by Crippen LogP contribution is -2.29. The Bertz CT molecular complexity index is 360. The standard InChI is InChI=1S/C14H23N3O/c1-11(15-2)12-6-7-14(16-9-12)17(3)10-13-5-4-8-18-13/h6-7,9,11,13,15H,4-5,8,10H2,1-3H3. The monoisotopic (exact) mass is 249 g/mol. The van der Waals surface area contributed by atoms with Gasteiger partial charge < -0.3 is 15.0 Å². The minimum absolute atomic E-state index is 0.343. The second-order valence-corrected chi connectivity index (χ2v) is 4.98. The SMILES string of the molecule is CNC(C)c1ccc(N(C)CC2CCCO2)nc1. The highest BCUT2D eigenvalue weighted by molar-refractivity contribution is 5.39. The van der Waals surface area contributed by atoms with Gasteiger partial charge in [-0.25, -0.2) is 4.98 Å². The quantitative estimate of drug-likeness (QED) is 0.866. The third-order valence-electron chi connectivity index (χ3n) is 3.60. The Labute approximate surface area is 109 Å². The topological polar surface area (TPSA) is 37.4 Å². The van der Waals surface area contributed by atoms with Crippen LogP contribution < -0.4 is 10.2 Å². The van der Waals surface area contributed by atoms with Crippen molar-refractivity contribution in [3.63, 3.8) is 0 Å². The molecule has 1 N–H and O–H groups in total. The number of likely N-dealkylation sites (N-methyl/N-ethyl adjacent to an activating group) is 1. The summed E-state index contributed by atoms with van der Waals surface area (Å²) in [6, 6.07) is 4.56. The first-order chi connectivity index (χ1) is 8.70. The average molecular weight is 249 g/mol. The van der Waals surface area contributed by atoms with Gasteiger partial charge in [-0.2, -0.15) is 0 Å². The second-order valence-electron chi connectivity index (χ2n) is 4.98. The van der Waals surface area contributed by atoms with Gasteiger partial charge in [0.2, 0.25) is 0 Å². The van der Waals surface area contributed by atoms with Crippen LogP contribution in [0, 0.1) is 0 Å². The molecule has 2 heterocycles. The Balaban J connectivity index is 1.95. The zero-order chi connectivity index (χ0) is 13.0. The fraction of sp³-hybridized carbons (Fsp3) is 0.643. The van der Waals surface area contributed by atoms with Gasteiger partial charge in [0.25, 0.3) is 0 Å². The van der Waals surface area contributed by atoms with Crippen molar-refractivity contribution in [3.05, 3.63) is 23.9 Å². The Morgan fingerprint density at radius 3 is 2.94 bits per heavy atom. The fourth-order valence-corrected chi connectivity index (χ4v) is 2.23. The van der Waals surface area contributed by atoms with Crippen LogP contribution in [0.5, 0.6) is 0 Å². The van der Waals surface area contributed by atoms with Crippen molar-refractivity contribution in [2.45, 2.75) is 31.9 Å². The molecular formula is C14H23N3O. The summed E-state index contributed by atoms with van der Waals surface area (Å²) in [5, 5.41) is 3.22. The minimum Gasteiger partial charge on any atom is -0.376 e. The van der Waals surface area contributed by atoms with E-state index in [1.165, 1.54) is 18.4 Å². The largest absolute Gasteiger partial charge is 0.376 e. The number of aromatic nitrogens is 1. The normalized spacial score (nSPS) is 20.9. The number of nitrogens with zero attached hydrogens (tertiary/aromatic N) is 2. The highest BCUT2D eigenvalue weighted by atomic mass is 16.5. The minimum atomic E-state index is 0.343. The van der Waals surface area contributed by atoms with E-state index in [1.54, 1.807) is 0 Å². The molecule has 1 aliphatic heterocycles. The second kappa shape index (κ2) is 6.16. The zero-order valence-corrected chi connectivity index (χ0v) is 11.5. The van der Waals surface area contributed by atoms with Gasteiger partial charge in [-0.1, -0.05) is 6.07 Å². The van der Waals surface area contributed by atoms with Crippen LogP contribution in [-0.4, -0.2) is 38.3 Å². The summed E-state index contributed by atoms with van der Waals surface area (Å²) in [4.78, 5) is 6.69. The molecule has 0 radical (unpaired) electrons. The molecule has 0 bridgehead atoms. The van der Waals surface area contributed by atoms with Gasteiger partial charge in [-0.15, -0.1) is 0 Å². The highest BCUT2D eigenvalue weighted by Gasteiger charge is 2.18. The molecule has 0 aromatic carbocycles. The molecule has 2 unspecified atom stereocenters. The van der Waals surface area contributed by atoms with Crippen LogP contribution in [0.25, 0.3) is 0 Å². The van der Waals surface area contributed by atoms with E-state index >= 15 is 0 Å². The van der Waals surface area contributed by atoms with Crippen LogP contribution in [0.3, 0.4) is 0 Å². The molecule has 0 amide bonds. The predicted molar refractivity (Wildman–Crippen MR) is 74.0 cm³/mol. The van der Waals surface area contributed by atoms with Crippen molar-refractivity contribution in [1.82, 2.24) is 10.3 Å². The smallest absolute Gasteiger partial charge is 0.128 e.